The zero-order chi connectivity index (χ0) is 13.1. The zero-order valence-corrected chi connectivity index (χ0v) is 10.5. The molecule has 0 bridgehead atoms. The van der Waals surface area contributed by atoms with Gasteiger partial charge in [0.2, 0.25) is 0 Å². The van der Waals surface area contributed by atoms with Gasteiger partial charge in [0.15, 0.2) is 0 Å². The molecule has 4 nitrogen and oxygen atoms in total. The van der Waals surface area contributed by atoms with Crippen molar-refractivity contribution in [3.05, 3.63) is 40.9 Å². The molecule has 94 valence electrons. The Morgan fingerprint density at radius 1 is 1.39 bits per heavy atom. The summed E-state index contributed by atoms with van der Waals surface area (Å²) in [5.41, 5.74) is 6.66. The first-order chi connectivity index (χ1) is 8.63. The van der Waals surface area contributed by atoms with E-state index in [2.05, 4.69) is 15.3 Å². The molecular formula is C12H12ClFN4. The Hall–Kier alpha value is -1.88. The fourth-order valence-electron chi connectivity index (χ4n) is 1.62. The van der Waals surface area contributed by atoms with Crippen LogP contribution < -0.4 is 11.1 Å². The maximum atomic E-state index is 13.7. The van der Waals surface area contributed by atoms with Gasteiger partial charge in [-0.1, -0.05) is 24.6 Å². The molecule has 6 heteroatoms. The Balaban J connectivity index is 2.43. The third-order valence-electron chi connectivity index (χ3n) is 2.54. The first-order valence-corrected chi connectivity index (χ1v) is 5.81. The minimum atomic E-state index is -0.443. The van der Waals surface area contributed by atoms with Crippen molar-refractivity contribution in [2.75, 3.05) is 11.1 Å². The van der Waals surface area contributed by atoms with E-state index in [1.165, 1.54) is 18.5 Å². The quantitative estimate of drug-likeness (QED) is 0.896. The van der Waals surface area contributed by atoms with Crippen LogP contribution in [0.1, 0.15) is 12.5 Å². The second-order valence-corrected chi connectivity index (χ2v) is 4.07. The monoisotopic (exact) mass is 266 g/mol. The number of hydrogen-bond acceptors (Lipinski definition) is 4. The first kappa shape index (κ1) is 12.6. The molecule has 1 aromatic carbocycles. The number of nitrogen functional groups attached to an aromatic ring is 1. The summed E-state index contributed by atoms with van der Waals surface area (Å²) in [5, 5.41) is 3.15. The number of nitrogens with two attached hydrogens (primary N) is 1. The minimum absolute atomic E-state index is 0.187. The van der Waals surface area contributed by atoms with Crippen LogP contribution in [0.5, 0.6) is 0 Å². The van der Waals surface area contributed by atoms with E-state index in [0.29, 0.717) is 18.1 Å². The largest absolute Gasteiger partial charge is 0.383 e. The summed E-state index contributed by atoms with van der Waals surface area (Å²) >= 11 is 5.94. The average molecular weight is 267 g/mol. The van der Waals surface area contributed by atoms with Gasteiger partial charge in [0.1, 0.15) is 23.8 Å². The van der Waals surface area contributed by atoms with Gasteiger partial charge in [0.25, 0.3) is 0 Å². The van der Waals surface area contributed by atoms with Crippen LogP contribution in [0.4, 0.5) is 21.7 Å². The Morgan fingerprint density at radius 2 is 2.17 bits per heavy atom. The minimum Gasteiger partial charge on any atom is -0.383 e. The van der Waals surface area contributed by atoms with Crippen molar-refractivity contribution < 1.29 is 4.39 Å². The molecule has 0 aliphatic heterocycles. The summed E-state index contributed by atoms with van der Waals surface area (Å²) in [5.74, 6) is 0.404. The molecule has 2 aromatic rings. The fourth-order valence-corrected chi connectivity index (χ4v) is 1.83. The van der Waals surface area contributed by atoms with Crippen LogP contribution in [-0.4, -0.2) is 9.97 Å². The third kappa shape index (κ3) is 2.36. The van der Waals surface area contributed by atoms with Gasteiger partial charge in [-0.2, -0.15) is 0 Å². The first-order valence-electron chi connectivity index (χ1n) is 5.43. The summed E-state index contributed by atoms with van der Waals surface area (Å²) in [6, 6.07) is 4.46. The topological polar surface area (TPSA) is 63.8 Å². The van der Waals surface area contributed by atoms with Crippen molar-refractivity contribution in [2.24, 2.45) is 0 Å². The van der Waals surface area contributed by atoms with Crippen molar-refractivity contribution in [2.45, 2.75) is 13.3 Å². The van der Waals surface area contributed by atoms with Gasteiger partial charge < -0.3 is 11.1 Å². The SMILES string of the molecule is CCc1c(N)ncnc1Nc1c(F)cccc1Cl. The molecule has 0 atom stereocenters. The molecular weight excluding hydrogens is 255 g/mol. The van der Waals surface area contributed by atoms with E-state index in [1.807, 2.05) is 6.92 Å². The third-order valence-corrected chi connectivity index (χ3v) is 2.85. The van der Waals surface area contributed by atoms with Crippen molar-refractivity contribution in [1.82, 2.24) is 9.97 Å². The number of rotatable bonds is 3. The predicted octanol–water partition coefficient (Wildman–Crippen LogP) is 3.16. The van der Waals surface area contributed by atoms with E-state index < -0.39 is 5.82 Å². The van der Waals surface area contributed by atoms with E-state index in [4.69, 9.17) is 17.3 Å². The lowest BCUT2D eigenvalue weighted by atomic mass is 10.2. The maximum Gasteiger partial charge on any atom is 0.148 e. The highest BCUT2D eigenvalue weighted by molar-refractivity contribution is 6.33. The number of nitrogens with zero attached hydrogens (tertiary/aromatic N) is 2. The molecule has 0 aliphatic carbocycles. The Morgan fingerprint density at radius 3 is 2.83 bits per heavy atom. The van der Waals surface area contributed by atoms with Gasteiger partial charge in [-0.05, 0) is 18.6 Å². The van der Waals surface area contributed by atoms with Crippen LogP contribution in [-0.2, 0) is 6.42 Å². The molecule has 0 aliphatic rings. The Kier molecular flexibility index (Phi) is 3.62. The second-order valence-electron chi connectivity index (χ2n) is 3.66. The summed E-state index contributed by atoms with van der Waals surface area (Å²) in [6.45, 7) is 1.92. The van der Waals surface area contributed by atoms with Gasteiger partial charge >= 0.3 is 0 Å². The highest BCUT2D eigenvalue weighted by Crippen LogP contribution is 2.29. The normalized spacial score (nSPS) is 10.4. The lowest BCUT2D eigenvalue weighted by Crippen LogP contribution is -2.05. The Bertz CT molecular complexity index is 554. The molecule has 0 saturated carbocycles. The Labute approximate surface area is 109 Å². The van der Waals surface area contributed by atoms with Crippen LogP contribution in [0.3, 0.4) is 0 Å². The molecule has 0 amide bonds. The number of halogens is 2. The van der Waals surface area contributed by atoms with Crippen LogP contribution >= 0.6 is 11.6 Å². The van der Waals surface area contributed by atoms with E-state index in [9.17, 15) is 4.39 Å². The van der Waals surface area contributed by atoms with Crippen LogP contribution in [0.15, 0.2) is 24.5 Å². The molecule has 0 radical (unpaired) electrons. The lowest BCUT2D eigenvalue weighted by molar-refractivity contribution is 0.632. The average Bonchev–Trinajstić information content (AvgIpc) is 2.34. The van der Waals surface area contributed by atoms with E-state index >= 15 is 0 Å². The van der Waals surface area contributed by atoms with Gasteiger partial charge in [0.05, 0.1) is 10.7 Å². The van der Waals surface area contributed by atoms with Gasteiger partial charge in [-0.15, -0.1) is 0 Å². The highest BCUT2D eigenvalue weighted by Gasteiger charge is 2.12. The molecule has 1 aromatic heterocycles. The number of aromatic nitrogens is 2. The van der Waals surface area contributed by atoms with Gasteiger partial charge in [0, 0.05) is 5.56 Å². The number of benzene rings is 1. The molecule has 1 heterocycles. The predicted molar refractivity (Wildman–Crippen MR) is 70.5 cm³/mol. The van der Waals surface area contributed by atoms with Crippen molar-refractivity contribution in [3.63, 3.8) is 0 Å². The van der Waals surface area contributed by atoms with Crippen LogP contribution in [0.2, 0.25) is 5.02 Å². The number of anilines is 3. The van der Waals surface area contributed by atoms with E-state index in [-0.39, 0.29) is 10.7 Å². The number of hydrogen-bond donors (Lipinski definition) is 2. The number of para-hydroxylation sites is 1. The van der Waals surface area contributed by atoms with Crippen molar-refractivity contribution in [1.29, 1.82) is 0 Å². The standard InChI is InChI=1S/C12H12ClFN4/c1-2-7-11(15)16-6-17-12(7)18-10-8(13)4-3-5-9(10)14/h3-6H,2H2,1H3,(H3,15,16,17,18). The van der Waals surface area contributed by atoms with Crippen LogP contribution in [0.25, 0.3) is 0 Å². The van der Waals surface area contributed by atoms with E-state index in [0.717, 1.165) is 5.56 Å². The molecule has 3 N–H and O–H groups in total. The summed E-state index contributed by atoms with van der Waals surface area (Å²) in [6.07, 6.45) is 1.96. The maximum absolute atomic E-state index is 13.7. The summed E-state index contributed by atoms with van der Waals surface area (Å²) in [7, 11) is 0. The highest BCUT2D eigenvalue weighted by atomic mass is 35.5. The zero-order valence-electron chi connectivity index (χ0n) is 9.74. The molecule has 0 saturated heterocycles. The van der Waals surface area contributed by atoms with Crippen LogP contribution in [0, 0.1) is 5.82 Å². The molecule has 0 spiro atoms. The smallest absolute Gasteiger partial charge is 0.148 e. The van der Waals surface area contributed by atoms with E-state index in [1.54, 1.807) is 6.07 Å². The van der Waals surface area contributed by atoms with Crippen molar-refractivity contribution in [3.8, 4) is 0 Å². The lowest BCUT2D eigenvalue weighted by Gasteiger charge is -2.12. The van der Waals surface area contributed by atoms with Gasteiger partial charge in [-0.25, -0.2) is 14.4 Å². The molecule has 0 fully saturated rings. The molecule has 18 heavy (non-hydrogen) atoms. The van der Waals surface area contributed by atoms with Crippen molar-refractivity contribution >= 4 is 28.9 Å². The summed E-state index contributed by atoms with van der Waals surface area (Å²) < 4.78 is 13.7. The fraction of sp³-hybridized carbons (Fsp3) is 0.167. The molecule has 2 rings (SSSR count). The second kappa shape index (κ2) is 5.18. The summed E-state index contributed by atoms with van der Waals surface area (Å²) in [4.78, 5) is 7.96. The van der Waals surface area contributed by atoms with Gasteiger partial charge in [-0.3, -0.25) is 0 Å². The molecule has 0 unspecified atom stereocenters. The number of nitrogens with one attached hydrogen (secondary N) is 1.